The van der Waals surface area contributed by atoms with Crippen LogP contribution in [0.2, 0.25) is 0 Å². The minimum atomic E-state index is -1.12. The Morgan fingerprint density at radius 1 is 1.00 bits per heavy atom. The summed E-state index contributed by atoms with van der Waals surface area (Å²) in [5.74, 6) is -1.48. The number of carbonyl (C=O) groups excluding carboxylic acids is 2. The van der Waals surface area contributed by atoms with E-state index >= 15 is 0 Å². The van der Waals surface area contributed by atoms with E-state index < -0.39 is 29.6 Å². The summed E-state index contributed by atoms with van der Waals surface area (Å²) < 4.78 is 5.62. The lowest BCUT2D eigenvalue weighted by Gasteiger charge is -2.34. The number of aliphatic hydroxyl groups is 1. The van der Waals surface area contributed by atoms with Crippen molar-refractivity contribution >= 4 is 18.0 Å². The van der Waals surface area contributed by atoms with Crippen LogP contribution in [0.15, 0.2) is 48.5 Å². The van der Waals surface area contributed by atoms with Crippen molar-refractivity contribution in [2.24, 2.45) is 5.41 Å². The number of carboxylic acid groups (broad SMARTS) is 1. The average Bonchev–Trinajstić information content (AvgIpc) is 3.57. The molecule has 2 fully saturated rings. The lowest BCUT2D eigenvalue weighted by atomic mass is 9.84. The summed E-state index contributed by atoms with van der Waals surface area (Å²) in [7, 11) is 0. The summed E-state index contributed by atoms with van der Waals surface area (Å²) in [5, 5.41) is 22.3. The Balaban J connectivity index is 1.24. The number of carbonyl (C=O) groups is 3. The number of nitrogens with one attached hydrogen (secondary N) is 1. The molecule has 1 heterocycles. The second-order valence-corrected chi connectivity index (χ2v) is 9.87. The normalized spacial score (nSPS) is 22.5. The molecule has 0 unspecified atom stereocenters. The van der Waals surface area contributed by atoms with Crippen LogP contribution in [-0.2, 0) is 14.3 Å². The lowest BCUT2D eigenvalue weighted by Crippen LogP contribution is -2.52. The van der Waals surface area contributed by atoms with Crippen molar-refractivity contribution < 1.29 is 29.3 Å². The number of nitrogens with zero attached hydrogens (tertiary/aromatic N) is 1. The molecule has 184 valence electrons. The smallest absolute Gasteiger partial charge is 0.407 e. The highest BCUT2D eigenvalue weighted by Gasteiger charge is 2.49. The first kappa shape index (κ1) is 23.4. The van der Waals surface area contributed by atoms with E-state index in [4.69, 9.17) is 4.74 Å². The molecule has 8 heteroatoms. The standard InChI is InChI=1S/C27H30N2O6/c30-17-13-23(24(31)32)29(14-17)25(33)27(11-5-6-12-27)16-28-26(34)35-15-22-20-9-3-1-7-18(20)19-8-2-4-10-21(19)22/h1-4,7-10,17,22-23,30H,5-6,11-16H2,(H,28,34)(H,31,32)/t17-,23-/m0/s1. The van der Waals surface area contributed by atoms with Crippen LogP contribution in [0, 0.1) is 5.41 Å². The van der Waals surface area contributed by atoms with Gasteiger partial charge in [-0.1, -0.05) is 61.4 Å². The monoisotopic (exact) mass is 478 g/mol. The number of carboxylic acids is 1. The van der Waals surface area contributed by atoms with Crippen LogP contribution in [0.4, 0.5) is 4.79 Å². The number of hydrogen-bond donors (Lipinski definition) is 3. The molecule has 3 N–H and O–H groups in total. The Bertz CT molecular complexity index is 1100. The highest BCUT2D eigenvalue weighted by Crippen LogP contribution is 2.44. The third-order valence-electron chi connectivity index (χ3n) is 7.75. The lowest BCUT2D eigenvalue weighted by molar-refractivity contribution is -0.153. The molecule has 2 aliphatic carbocycles. The Labute approximate surface area is 203 Å². The number of aliphatic hydroxyl groups excluding tert-OH is 1. The van der Waals surface area contributed by atoms with Gasteiger partial charge in [0.2, 0.25) is 5.91 Å². The van der Waals surface area contributed by atoms with E-state index in [0.29, 0.717) is 12.8 Å². The van der Waals surface area contributed by atoms with E-state index in [0.717, 1.165) is 35.1 Å². The van der Waals surface area contributed by atoms with E-state index in [1.807, 2.05) is 24.3 Å². The van der Waals surface area contributed by atoms with Gasteiger partial charge in [-0.05, 0) is 35.1 Å². The number of likely N-dealkylation sites (tertiary alicyclic amines) is 1. The van der Waals surface area contributed by atoms with Crippen LogP contribution in [0.1, 0.15) is 49.1 Å². The molecule has 2 atom stereocenters. The summed E-state index contributed by atoms with van der Waals surface area (Å²) in [4.78, 5) is 39.1. The first-order valence-corrected chi connectivity index (χ1v) is 12.2. The van der Waals surface area contributed by atoms with Gasteiger partial charge in [-0.3, -0.25) is 4.79 Å². The van der Waals surface area contributed by atoms with E-state index in [1.54, 1.807) is 0 Å². The van der Waals surface area contributed by atoms with Crippen LogP contribution < -0.4 is 5.32 Å². The minimum absolute atomic E-state index is 0.00247. The molecule has 35 heavy (non-hydrogen) atoms. The SMILES string of the molecule is O=C(NCC1(C(=O)N2C[C@@H](O)C[C@H]2C(=O)O)CCCC1)OCC1c2ccccc2-c2ccccc21. The molecule has 3 aliphatic rings. The number of benzene rings is 2. The summed E-state index contributed by atoms with van der Waals surface area (Å²) in [5.41, 5.74) is 3.66. The Hall–Kier alpha value is -3.39. The molecule has 2 amide bonds. The fourth-order valence-electron chi connectivity index (χ4n) is 5.99. The molecule has 1 aliphatic heterocycles. The number of hydrogen-bond acceptors (Lipinski definition) is 5. The molecule has 5 rings (SSSR count). The van der Waals surface area contributed by atoms with Gasteiger partial charge in [-0.25, -0.2) is 9.59 Å². The number of rotatable bonds is 6. The van der Waals surface area contributed by atoms with Crippen molar-refractivity contribution in [3.05, 3.63) is 59.7 Å². The van der Waals surface area contributed by atoms with Gasteiger partial charge >= 0.3 is 12.1 Å². The Kier molecular flexibility index (Phi) is 6.23. The van der Waals surface area contributed by atoms with Gasteiger partial charge in [0.1, 0.15) is 12.6 Å². The molecule has 2 aromatic carbocycles. The fourth-order valence-corrected chi connectivity index (χ4v) is 5.99. The molecular weight excluding hydrogens is 448 g/mol. The number of ether oxygens (including phenoxy) is 1. The van der Waals surface area contributed by atoms with Crippen molar-refractivity contribution in [3.63, 3.8) is 0 Å². The summed E-state index contributed by atoms with van der Waals surface area (Å²) in [6, 6.07) is 15.2. The van der Waals surface area contributed by atoms with Crippen LogP contribution in [-0.4, -0.2) is 64.9 Å². The first-order valence-electron chi connectivity index (χ1n) is 12.2. The van der Waals surface area contributed by atoms with Crippen molar-refractivity contribution in [2.75, 3.05) is 19.7 Å². The van der Waals surface area contributed by atoms with Gasteiger partial charge in [-0.2, -0.15) is 0 Å². The van der Waals surface area contributed by atoms with Crippen LogP contribution >= 0.6 is 0 Å². The predicted molar refractivity (Wildman–Crippen MR) is 128 cm³/mol. The van der Waals surface area contributed by atoms with Gasteiger partial charge < -0.3 is 25.2 Å². The van der Waals surface area contributed by atoms with Crippen LogP contribution in [0.5, 0.6) is 0 Å². The molecule has 0 bridgehead atoms. The zero-order chi connectivity index (χ0) is 24.6. The van der Waals surface area contributed by atoms with E-state index in [1.165, 1.54) is 4.90 Å². The topological polar surface area (TPSA) is 116 Å². The number of alkyl carbamates (subject to hydrolysis) is 1. The third-order valence-corrected chi connectivity index (χ3v) is 7.75. The first-order chi connectivity index (χ1) is 16.9. The second kappa shape index (κ2) is 9.34. The number of aliphatic carboxylic acids is 1. The van der Waals surface area contributed by atoms with E-state index in [2.05, 4.69) is 29.6 Å². The summed E-state index contributed by atoms with van der Waals surface area (Å²) in [6.07, 6.45) is 1.36. The summed E-state index contributed by atoms with van der Waals surface area (Å²) in [6.45, 7) is 0.268. The highest BCUT2D eigenvalue weighted by molar-refractivity contribution is 5.89. The molecular formula is C27H30N2O6. The van der Waals surface area contributed by atoms with Crippen molar-refractivity contribution in [2.45, 2.75) is 50.2 Å². The van der Waals surface area contributed by atoms with Gasteiger partial charge in [0.05, 0.1) is 11.5 Å². The van der Waals surface area contributed by atoms with Gasteiger partial charge in [0.25, 0.3) is 0 Å². The van der Waals surface area contributed by atoms with Gasteiger partial charge in [0, 0.05) is 25.4 Å². The number of amides is 2. The predicted octanol–water partition coefficient (Wildman–Crippen LogP) is 3.13. The Morgan fingerprint density at radius 3 is 2.20 bits per heavy atom. The van der Waals surface area contributed by atoms with Crippen LogP contribution in [0.3, 0.4) is 0 Å². The second-order valence-electron chi connectivity index (χ2n) is 9.87. The molecule has 8 nitrogen and oxygen atoms in total. The average molecular weight is 479 g/mol. The minimum Gasteiger partial charge on any atom is -0.480 e. The maximum absolute atomic E-state index is 13.4. The molecule has 0 spiro atoms. The molecule has 2 aromatic rings. The molecule has 1 saturated heterocycles. The molecule has 1 saturated carbocycles. The zero-order valence-electron chi connectivity index (χ0n) is 19.5. The van der Waals surface area contributed by atoms with Crippen molar-refractivity contribution in [1.29, 1.82) is 0 Å². The molecule has 0 aromatic heterocycles. The van der Waals surface area contributed by atoms with E-state index in [-0.39, 0.29) is 37.9 Å². The van der Waals surface area contributed by atoms with Crippen molar-refractivity contribution in [1.82, 2.24) is 10.2 Å². The van der Waals surface area contributed by atoms with Crippen molar-refractivity contribution in [3.8, 4) is 11.1 Å². The van der Waals surface area contributed by atoms with Gasteiger partial charge in [-0.15, -0.1) is 0 Å². The maximum Gasteiger partial charge on any atom is 0.407 e. The quantitative estimate of drug-likeness (QED) is 0.588. The highest BCUT2D eigenvalue weighted by atomic mass is 16.5. The number of β-amino-alcohol motifs (C(OH)–C–C–N with tert-alkyl or cyclic N) is 1. The van der Waals surface area contributed by atoms with Gasteiger partial charge in [0.15, 0.2) is 0 Å². The largest absolute Gasteiger partial charge is 0.480 e. The molecule has 0 radical (unpaired) electrons. The summed E-state index contributed by atoms with van der Waals surface area (Å²) >= 11 is 0. The number of fused-ring (bicyclic) bond motifs is 3. The third kappa shape index (κ3) is 4.27. The van der Waals surface area contributed by atoms with E-state index in [9.17, 15) is 24.6 Å². The Morgan fingerprint density at radius 2 is 1.60 bits per heavy atom. The fraction of sp³-hybridized carbons (Fsp3) is 0.444. The maximum atomic E-state index is 13.4. The zero-order valence-corrected chi connectivity index (χ0v) is 19.5. The van der Waals surface area contributed by atoms with Crippen LogP contribution in [0.25, 0.3) is 11.1 Å².